The number of nitrogens with two attached hydrogens (primary N) is 1. The number of Topliss-reactive ketones (excluding diaryl/α,β-unsaturated/α-hetero) is 2. The smallest absolute Gasteiger partial charge is 0.256 e. The maximum Gasteiger partial charge on any atom is 0.256 e. The van der Waals surface area contributed by atoms with E-state index in [9.17, 15) is 39.6 Å². The van der Waals surface area contributed by atoms with Crippen LogP contribution in [0.5, 0.6) is 5.75 Å². The standard InChI is InChI=1S/C29H29N3O8/c1-12-6-4-5-7-15(12)28(39)31-17-9-8-13-10-14-11-16-21(32(2)3)24(35)20(27(30)38)26(37)29(16,40)25(36)19(14)23(34)18(13)22(17)33/h4-9,14,16,21,33-34,37,40H,10-11H2,1-3H3,(H2,30,38)(H,31,39). The van der Waals surface area contributed by atoms with Crippen LogP contribution in [0, 0.1) is 18.8 Å². The highest BCUT2D eigenvalue weighted by Gasteiger charge is 2.64. The number of hydrogen-bond acceptors (Lipinski definition) is 9. The van der Waals surface area contributed by atoms with Crippen LogP contribution in [0.15, 0.2) is 53.3 Å². The molecule has 4 atom stereocenters. The third-order valence-corrected chi connectivity index (χ3v) is 8.23. The summed E-state index contributed by atoms with van der Waals surface area (Å²) in [4.78, 5) is 53.4. The van der Waals surface area contributed by atoms with Crippen molar-refractivity contribution in [2.24, 2.45) is 17.6 Å². The number of nitrogens with one attached hydrogen (secondary N) is 1. The molecule has 1 fully saturated rings. The number of hydrogen-bond donors (Lipinski definition) is 6. The fraction of sp³-hybridized carbons (Fsp3) is 0.310. The minimum absolute atomic E-state index is 0.00169. The van der Waals surface area contributed by atoms with Crippen LogP contribution < -0.4 is 11.1 Å². The van der Waals surface area contributed by atoms with Crippen molar-refractivity contribution in [3.05, 3.63) is 75.6 Å². The first-order valence-electron chi connectivity index (χ1n) is 12.7. The molecule has 0 bridgehead atoms. The number of aliphatic hydroxyl groups excluding tert-OH is 2. The molecule has 3 aliphatic carbocycles. The fourth-order valence-electron chi connectivity index (χ4n) is 6.34. The largest absolute Gasteiger partial charge is 0.508 e. The molecule has 3 aliphatic rings. The number of phenolic OH excluding ortho intramolecular Hbond substituents is 1. The number of primary amides is 1. The maximum absolute atomic E-state index is 13.9. The van der Waals surface area contributed by atoms with Crippen molar-refractivity contribution in [3.63, 3.8) is 0 Å². The SMILES string of the molecule is Cc1ccccc1C(=O)Nc1ccc2c(c1O)C(O)=C1C(=O)C3(O)C(O)=C(C(N)=O)C(=O)C(N(C)C)C3CC1C2. The summed E-state index contributed by atoms with van der Waals surface area (Å²) in [7, 11) is 3.08. The second kappa shape index (κ2) is 9.32. The summed E-state index contributed by atoms with van der Waals surface area (Å²) in [6, 6.07) is 8.82. The zero-order valence-corrected chi connectivity index (χ0v) is 22.1. The summed E-state index contributed by atoms with van der Waals surface area (Å²) >= 11 is 0. The Morgan fingerprint density at radius 2 is 1.75 bits per heavy atom. The number of carbonyl (C=O) groups excluding carboxylic acids is 4. The number of rotatable bonds is 4. The van der Waals surface area contributed by atoms with Gasteiger partial charge < -0.3 is 31.5 Å². The van der Waals surface area contributed by atoms with Crippen LogP contribution in [-0.2, 0) is 20.8 Å². The van der Waals surface area contributed by atoms with Gasteiger partial charge in [0.15, 0.2) is 11.4 Å². The van der Waals surface area contributed by atoms with Gasteiger partial charge in [-0.1, -0.05) is 24.3 Å². The number of carbonyl (C=O) groups is 4. The molecule has 2 aromatic carbocycles. The van der Waals surface area contributed by atoms with E-state index in [0.717, 1.165) is 0 Å². The summed E-state index contributed by atoms with van der Waals surface area (Å²) in [6.45, 7) is 1.76. The molecule has 1 saturated carbocycles. The van der Waals surface area contributed by atoms with Gasteiger partial charge >= 0.3 is 0 Å². The first-order valence-corrected chi connectivity index (χ1v) is 12.7. The summed E-state index contributed by atoms with van der Waals surface area (Å²) in [5, 5.41) is 47.6. The van der Waals surface area contributed by atoms with Crippen molar-refractivity contribution in [2.45, 2.75) is 31.4 Å². The highest BCUT2D eigenvalue weighted by atomic mass is 16.3. The lowest BCUT2D eigenvalue weighted by Gasteiger charge is -2.50. The van der Waals surface area contributed by atoms with Gasteiger partial charge in [0.1, 0.15) is 22.8 Å². The van der Waals surface area contributed by atoms with E-state index in [1.807, 2.05) is 0 Å². The Kier molecular flexibility index (Phi) is 6.31. The Balaban J connectivity index is 1.61. The number of anilines is 1. The lowest BCUT2D eigenvalue weighted by atomic mass is 9.57. The highest BCUT2D eigenvalue weighted by Crippen LogP contribution is 2.53. The van der Waals surface area contributed by atoms with Crippen LogP contribution in [-0.4, -0.2) is 74.4 Å². The molecule has 40 heavy (non-hydrogen) atoms. The second-order valence-corrected chi connectivity index (χ2v) is 10.7. The third kappa shape index (κ3) is 3.73. The molecule has 7 N–H and O–H groups in total. The molecule has 0 heterocycles. The third-order valence-electron chi connectivity index (χ3n) is 8.23. The van der Waals surface area contributed by atoms with E-state index in [4.69, 9.17) is 5.73 Å². The molecular weight excluding hydrogens is 518 g/mol. The zero-order valence-electron chi connectivity index (χ0n) is 22.1. The van der Waals surface area contributed by atoms with E-state index in [0.29, 0.717) is 16.7 Å². The number of fused-ring (bicyclic) bond motifs is 3. The van der Waals surface area contributed by atoms with Gasteiger partial charge in [-0.2, -0.15) is 0 Å². The van der Waals surface area contributed by atoms with Crippen LogP contribution in [0.3, 0.4) is 0 Å². The molecule has 0 radical (unpaired) electrons. The van der Waals surface area contributed by atoms with Gasteiger partial charge in [0.05, 0.1) is 17.3 Å². The van der Waals surface area contributed by atoms with Crippen LogP contribution in [0.25, 0.3) is 5.76 Å². The summed E-state index contributed by atoms with van der Waals surface area (Å²) < 4.78 is 0. The highest BCUT2D eigenvalue weighted by molar-refractivity contribution is 6.24. The quantitative estimate of drug-likeness (QED) is 0.243. The van der Waals surface area contributed by atoms with Crippen molar-refractivity contribution >= 4 is 34.8 Å². The number of aryl methyl sites for hydroxylation is 1. The number of aromatic hydroxyl groups is 1. The van der Waals surface area contributed by atoms with Crippen molar-refractivity contribution < 1.29 is 39.6 Å². The Hall–Kier alpha value is -4.48. The minimum atomic E-state index is -2.71. The Morgan fingerprint density at radius 1 is 1.07 bits per heavy atom. The van der Waals surface area contributed by atoms with Gasteiger partial charge in [-0.15, -0.1) is 0 Å². The molecule has 0 saturated heterocycles. The zero-order chi connectivity index (χ0) is 29.3. The topological polar surface area (TPSA) is 190 Å². The van der Waals surface area contributed by atoms with Crippen LogP contribution in [0.2, 0.25) is 0 Å². The lowest BCUT2D eigenvalue weighted by Crippen LogP contribution is -2.65. The molecule has 11 nitrogen and oxygen atoms in total. The van der Waals surface area contributed by atoms with Gasteiger partial charge in [-0.05, 0) is 63.0 Å². The van der Waals surface area contributed by atoms with E-state index >= 15 is 0 Å². The van der Waals surface area contributed by atoms with E-state index in [-0.39, 0.29) is 29.7 Å². The average molecular weight is 548 g/mol. The molecular formula is C29H29N3O8. The molecule has 0 spiro atoms. The van der Waals surface area contributed by atoms with Gasteiger partial charge in [-0.25, -0.2) is 0 Å². The number of phenols is 1. The van der Waals surface area contributed by atoms with Crippen molar-refractivity contribution in [2.75, 3.05) is 19.4 Å². The fourth-order valence-corrected chi connectivity index (χ4v) is 6.34. The molecule has 2 aromatic rings. The molecule has 5 rings (SSSR count). The number of likely N-dealkylation sites (N-methyl/N-ethyl adjacent to an activating group) is 1. The number of nitrogens with zero attached hydrogens (tertiary/aromatic N) is 1. The first-order chi connectivity index (χ1) is 18.8. The Morgan fingerprint density at radius 3 is 2.38 bits per heavy atom. The van der Waals surface area contributed by atoms with Gasteiger partial charge in [0.25, 0.3) is 11.8 Å². The maximum atomic E-state index is 13.9. The van der Waals surface area contributed by atoms with Crippen molar-refractivity contribution in [1.29, 1.82) is 0 Å². The number of aliphatic hydroxyl groups is 3. The summed E-state index contributed by atoms with van der Waals surface area (Å²) in [6.07, 6.45) is 0.159. The molecule has 2 amide bonds. The normalized spacial score (nSPS) is 25.9. The summed E-state index contributed by atoms with van der Waals surface area (Å²) in [5.74, 6) is -7.76. The number of benzene rings is 2. The van der Waals surface area contributed by atoms with Gasteiger partial charge in [0.2, 0.25) is 5.78 Å². The van der Waals surface area contributed by atoms with Crippen LogP contribution in [0.4, 0.5) is 5.69 Å². The molecule has 0 aliphatic heterocycles. The van der Waals surface area contributed by atoms with Crippen LogP contribution >= 0.6 is 0 Å². The van der Waals surface area contributed by atoms with E-state index in [1.165, 1.54) is 25.1 Å². The molecule has 4 unspecified atom stereocenters. The summed E-state index contributed by atoms with van der Waals surface area (Å²) in [5.41, 5.74) is 2.97. The van der Waals surface area contributed by atoms with E-state index < -0.39 is 69.7 Å². The monoisotopic (exact) mass is 547 g/mol. The van der Waals surface area contributed by atoms with Gasteiger partial charge in [0, 0.05) is 17.1 Å². The van der Waals surface area contributed by atoms with Crippen LogP contribution in [0.1, 0.15) is 33.5 Å². The van der Waals surface area contributed by atoms with E-state index in [1.54, 1.807) is 37.3 Å². The number of ketones is 2. The van der Waals surface area contributed by atoms with E-state index in [2.05, 4.69) is 5.32 Å². The molecule has 11 heteroatoms. The van der Waals surface area contributed by atoms with Crippen molar-refractivity contribution in [1.82, 2.24) is 4.90 Å². The predicted octanol–water partition coefficient (Wildman–Crippen LogP) is 1.52. The predicted molar refractivity (Wildman–Crippen MR) is 143 cm³/mol. The minimum Gasteiger partial charge on any atom is -0.508 e. The Bertz CT molecular complexity index is 1570. The number of amides is 2. The average Bonchev–Trinajstić information content (AvgIpc) is 2.87. The van der Waals surface area contributed by atoms with Gasteiger partial charge in [-0.3, -0.25) is 24.1 Å². The second-order valence-electron chi connectivity index (χ2n) is 10.7. The molecule has 208 valence electrons. The Labute approximate surface area is 229 Å². The lowest BCUT2D eigenvalue weighted by molar-refractivity contribution is -0.153. The first kappa shape index (κ1) is 27.1. The molecule has 0 aromatic heterocycles. The van der Waals surface area contributed by atoms with Crippen molar-refractivity contribution in [3.8, 4) is 5.75 Å².